The molecule has 5 nitrogen and oxygen atoms in total. The van der Waals surface area contributed by atoms with Crippen molar-refractivity contribution < 1.29 is 14.3 Å². The summed E-state index contributed by atoms with van der Waals surface area (Å²) in [6.07, 6.45) is 4.11. The second kappa shape index (κ2) is 8.12. The largest absolute Gasteiger partial charge is 0.454 e. The van der Waals surface area contributed by atoms with Crippen LogP contribution in [0.4, 0.5) is 0 Å². The molecule has 0 aliphatic carbocycles. The molecule has 8 heteroatoms. The zero-order chi connectivity index (χ0) is 20.8. The Morgan fingerprint density at radius 3 is 2.37 bits per heavy atom. The minimum atomic E-state index is -0.240. The summed E-state index contributed by atoms with van der Waals surface area (Å²) in [6.45, 7) is 1.16. The van der Waals surface area contributed by atoms with Crippen LogP contribution < -0.4 is 14.8 Å². The van der Waals surface area contributed by atoms with Crippen molar-refractivity contribution in [3.8, 4) is 11.5 Å². The number of piperidine rings is 1. The van der Waals surface area contributed by atoms with E-state index in [0.717, 1.165) is 43.7 Å². The van der Waals surface area contributed by atoms with E-state index in [2.05, 4.69) is 22.3 Å². The molecule has 2 fully saturated rings. The number of hydrogen-bond donors (Lipinski definition) is 1. The van der Waals surface area contributed by atoms with Crippen LogP contribution in [0.15, 0.2) is 30.3 Å². The van der Waals surface area contributed by atoms with Gasteiger partial charge in [0.25, 0.3) is 5.91 Å². The van der Waals surface area contributed by atoms with Gasteiger partial charge in [-0.05, 0) is 55.5 Å². The number of carbonyl (C=O) groups excluding carboxylic acids is 1. The predicted octanol–water partition coefficient (Wildman–Crippen LogP) is 5.30. The lowest BCUT2D eigenvalue weighted by atomic mass is 9.96. The Hall–Kier alpha value is -1.66. The minimum Gasteiger partial charge on any atom is -0.454 e. The van der Waals surface area contributed by atoms with E-state index in [4.69, 9.17) is 44.3 Å². The van der Waals surface area contributed by atoms with Gasteiger partial charge in [-0.1, -0.05) is 40.9 Å². The normalized spacial score (nSPS) is 24.8. The third-order valence-electron chi connectivity index (χ3n) is 6.26. The fraction of sp³-hybridized carbons (Fsp3) is 0.409. The highest BCUT2D eigenvalue weighted by atomic mass is 35.5. The summed E-state index contributed by atoms with van der Waals surface area (Å²) >= 11 is 18.4. The van der Waals surface area contributed by atoms with Crippen molar-refractivity contribution in [3.63, 3.8) is 0 Å². The third kappa shape index (κ3) is 3.84. The Kier molecular flexibility index (Phi) is 5.48. The van der Waals surface area contributed by atoms with Crippen molar-refractivity contribution >= 4 is 40.7 Å². The van der Waals surface area contributed by atoms with Crippen LogP contribution in [-0.2, 0) is 6.54 Å². The van der Waals surface area contributed by atoms with E-state index in [9.17, 15) is 4.79 Å². The van der Waals surface area contributed by atoms with Gasteiger partial charge in [-0.2, -0.15) is 0 Å². The molecule has 0 aromatic heterocycles. The topological polar surface area (TPSA) is 50.8 Å². The number of nitrogens with zero attached hydrogens (tertiary/aromatic N) is 1. The van der Waals surface area contributed by atoms with E-state index in [1.807, 2.05) is 6.07 Å². The SMILES string of the molecule is O=C(NC1C[C@H]2CC[C@@H](C1)N2Cc1ccc2c(c1)OCO2)c1c(Cl)cc(Cl)cc1Cl. The molecule has 2 bridgehead atoms. The second-order valence-corrected chi connectivity index (χ2v) is 9.38. The van der Waals surface area contributed by atoms with Gasteiger partial charge in [-0.15, -0.1) is 0 Å². The molecule has 3 aliphatic heterocycles. The lowest BCUT2D eigenvalue weighted by Gasteiger charge is -2.39. The summed E-state index contributed by atoms with van der Waals surface area (Å²) in [4.78, 5) is 15.4. The van der Waals surface area contributed by atoms with Gasteiger partial charge in [-0.25, -0.2) is 0 Å². The van der Waals surface area contributed by atoms with Crippen LogP contribution in [0.1, 0.15) is 41.6 Å². The van der Waals surface area contributed by atoms with Crippen LogP contribution in [0.25, 0.3) is 0 Å². The van der Waals surface area contributed by atoms with Crippen molar-refractivity contribution in [2.24, 2.45) is 0 Å². The van der Waals surface area contributed by atoms with Crippen LogP contribution in [-0.4, -0.2) is 35.7 Å². The highest BCUT2D eigenvalue weighted by Gasteiger charge is 2.41. The second-order valence-electron chi connectivity index (χ2n) is 8.13. The zero-order valence-corrected chi connectivity index (χ0v) is 18.4. The van der Waals surface area contributed by atoms with Crippen LogP contribution in [0.3, 0.4) is 0 Å². The minimum absolute atomic E-state index is 0.103. The standard InChI is InChI=1S/C22H21Cl3N2O3/c23-13-6-17(24)21(18(25)7-13)22(28)26-14-8-15-2-3-16(9-14)27(15)10-12-1-4-19-20(5-12)30-11-29-19/h1,4-7,14-16H,2-3,8-11H2,(H,26,28)/t14?,15-,16+. The monoisotopic (exact) mass is 466 g/mol. The molecule has 0 saturated carbocycles. The first kappa shape index (κ1) is 20.3. The van der Waals surface area contributed by atoms with E-state index in [1.54, 1.807) is 12.1 Å². The van der Waals surface area contributed by atoms with Crippen molar-refractivity contribution in [2.45, 2.75) is 50.4 Å². The van der Waals surface area contributed by atoms with Gasteiger partial charge in [0, 0.05) is 29.7 Å². The summed E-state index contributed by atoms with van der Waals surface area (Å²) in [5.41, 5.74) is 1.51. The van der Waals surface area contributed by atoms with Crippen molar-refractivity contribution in [3.05, 3.63) is 56.5 Å². The molecule has 1 unspecified atom stereocenters. The summed E-state index contributed by atoms with van der Waals surface area (Å²) in [5.74, 6) is 1.39. The molecule has 1 N–H and O–H groups in total. The van der Waals surface area contributed by atoms with E-state index in [0.29, 0.717) is 17.1 Å². The molecular formula is C22H21Cl3N2O3. The molecule has 2 saturated heterocycles. The highest BCUT2D eigenvalue weighted by molar-refractivity contribution is 6.42. The van der Waals surface area contributed by atoms with Gasteiger partial charge in [0.15, 0.2) is 11.5 Å². The van der Waals surface area contributed by atoms with E-state index in [1.165, 1.54) is 5.56 Å². The maximum absolute atomic E-state index is 12.8. The number of ether oxygens (including phenoxy) is 2. The summed E-state index contributed by atoms with van der Waals surface area (Å²) < 4.78 is 10.9. The number of benzene rings is 2. The predicted molar refractivity (Wildman–Crippen MR) is 117 cm³/mol. The van der Waals surface area contributed by atoms with Gasteiger partial charge < -0.3 is 14.8 Å². The molecule has 1 amide bonds. The Morgan fingerprint density at radius 1 is 1.00 bits per heavy atom. The van der Waals surface area contributed by atoms with Crippen LogP contribution in [0.2, 0.25) is 15.1 Å². The molecular weight excluding hydrogens is 447 g/mol. The molecule has 0 spiro atoms. The summed E-state index contributed by atoms with van der Waals surface area (Å²) in [7, 11) is 0. The number of nitrogens with one attached hydrogen (secondary N) is 1. The van der Waals surface area contributed by atoms with E-state index < -0.39 is 0 Å². The summed E-state index contributed by atoms with van der Waals surface area (Å²) in [5, 5.41) is 4.10. The third-order valence-corrected chi connectivity index (χ3v) is 7.07. The van der Waals surface area contributed by atoms with E-state index in [-0.39, 0.29) is 34.4 Å². The highest BCUT2D eigenvalue weighted by Crippen LogP contribution is 2.39. The molecule has 5 rings (SSSR count). The van der Waals surface area contributed by atoms with Crippen LogP contribution in [0.5, 0.6) is 11.5 Å². The zero-order valence-electron chi connectivity index (χ0n) is 16.2. The van der Waals surface area contributed by atoms with Crippen molar-refractivity contribution in [1.29, 1.82) is 0 Å². The number of hydrogen-bond acceptors (Lipinski definition) is 4. The lowest BCUT2D eigenvalue weighted by Crippen LogP contribution is -2.50. The lowest BCUT2D eigenvalue weighted by molar-refractivity contribution is 0.0828. The van der Waals surface area contributed by atoms with Gasteiger partial charge in [0.2, 0.25) is 6.79 Å². The molecule has 158 valence electrons. The fourth-order valence-corrected chi connectivity index (χ4v) is 5.91. The molecule has 3 heterocycles. The molecule has 30 heavy (non-hydrogen) atoms. The average Bonchev–Trinajstić information content (AvgIpc) is 3.22. The molecule has 2 aromatic carbocycles. The maximum atomic E-state index is 12.8. The molecule has 0 radical (unpaired) electrons. The van der Waals surface area contributed by atoms with Crippen LogP contribution >= 0.6 is 34.8 Å². The molecule has 3 aliphatic rings. The molecule has 3 atom stereocenters. The number of carbonyl (C=O) groups is 1. The average molecular weight is 468 g/mol. The van der Waals surface area contributed by atoms with Gasteiger partial charge >= 0.3 is 0 Å². The first-order chi connectivity index (χ1) is 14.5. The molecule has 2 aromatic rings. The number of fused-ring (bicyclic) bond motifs is 3. The number of rotatable bonds is 4. The Balaban J connectivity index is 1.25. The quantitative estimate of drug-likeness (QED) is 0.663. The van der Waals surface area contributed by atoms with Gasteiger partial charge in [0.1, 0.15) is 0 Å². The first-order valence-corrected chi connectivity index (χ1v) is 11.2. The first-order valence-electron chi connectivity index (χ1n) is 10.1. The van der Waals surface area contributed by atoms with Crippen molar-refractivity contribution in [1.82, 2.24) is 10.2 Å². The van der Waals surface area contributed by atoms with Crippen LogP contribution in [0, 0.1) is 0 Å². The smallest absolute Gasteiger partial charge is 0.254 e. The van der Waals surface area contributed by atoms with E-state index >= 15 is 0 Å². The fourth-order valence-electron chi connectivity index (χ4n) is 4.92. The maximum Gasteiger partial charge on any atom is 0.254 e. The Morgan fingerprint density at radius 2 is 1.67 bits per heavy atom. The van der Waals surface area contributed by atoms with Crippen molar-refractivity contribution in [2.75, 3.05) is 6.79 Å². The van der Waals surface area contributed by atoms with Gasteiger partial charge in [-0.3, -0.25) is 9.69 Å². The summed E-state index contributed by atoms with van der Waals surface area (Å²) in [6, 6.07) is 10.2. The Bertz CT molecular complexity index is 963. The number of halogens is 3. The number of amides is 1. The van der Waals surface area contributed by atoms with Gasteiger partial charge in [0.05, 0.1) is 15.6 Å². The Labute approximate surface area is 190 Å².